The Labute approximate surface area is 98.9 Å². The van der Waals surface area contributed by atoms with Gasteiger partial charge in [0.25, 0.3) is 0 Å². The summed E-state index contributed by atoms with van der Waals surface area (Å²) in [5, 5.41) is 9.55. The minimum absolute atomic E-state index is 0.00506. The Bertz CT molecular complexity index is 551. The van der Waals surface area contributed by atoms with Crippen LogP contribution in [-0.4, -0.2) is 29.3 Å². The number of hydrogen-bond donors (Lipinski definition) is 1. The van der Waals surface area contributed by atoms with Gasteiger partial charge < -0.3 is 9.84 Å². The second-order valence-electron chi connectivity index (χ2n) is 3.67. The van der Waals surface area contributed by atoms with Crippen LogP contribution in [0.3, 0.4) is 0 Å². The lowest BCUT2D eigenvalue weighted by Crippen LogP contribution is -2.10. The maximum Gasteiger partial charge on any atom is 0.340 e. The number of benzene rings is 1. The van der Waals surface area contributed by atoms with Crippen molar-refractivity contribution in [3.63, 3.8) is 0 Å². The molecule has 0 aliphatic heterocycles. The van der Waals surface area contributed by atoms with E-state index in [0.29, 0.717) is 5.56 Å². The SMILES string of the molecule is Cc1c(C(=O)OCCO)cnc2ccccc12. The molecule has 4 heteroatoms. The minimum Gasteiger partial charge on any atom is -0.460 e. The van der Waals surface area contributed by atoms with Gasteiger partial charge in [-0.15, -0.1) is 0 Å². The monoisotopic (exact) mass is 231 g/mol. The van der Waals surface area contributed by atoms with Crippen molar-refractivity contribution in [1.29, 1.82) is 0 Å². The number of carbonyl (C=O) groups is 1. The van der Waals surface area contributed by atoms with Gasteiger partial charge in [0.1, 0.15) is 6.61 Å². The molecule has 0 saturated carbocycles. The van der Waals surface area contributed by atoms with Gasteiger partial charge in [0.2, 0.25) is 0 Å². The van der Waals surface area contributed by atoms with E-state index in [4.69, 9.17) is 9.84 Å². The Kier molecular flexibility index (Phi) is 3.35. The molecule has 2 aromatic rings. The number of aryl methyl sites for hydroxylation is 1. The predicted molar refractivity (Wildman–Crippen MR) is 63.8 cm³/mol. The smallest absolute Gasteiger partial charge is 0.340 e. The average Bonchev–Trinajstić information content (AvgIpc) is 2.37. The molecule has 0 radical (unpaired) electrons. The van der Waals surface area contributed by atoms with Crippen LogP contribution in [0.2, 0.25) is 0 Å². The number of aliphatic hydroxyl groups excluding tert-OH is 1. The summed E-state index contributed by atoms with van der Waals surface area (Å²) >= 11 is 0. The summed E-state index contributed by atoms with van der Waals surface area (Å²) in [6, 6.07) is 7.62. The van der Waals surface area contributed by atoms with Gasteiger partial charge in [-0.1, -0.05) is 18.2 Å². The molecule has 4 nitrogen and oxygen atoms in total. The van der Waals surface area contributed by atoms with Crippen LogP contribution in [0.4, 0.5) is 0 Å². The summed E-state index contributed by atoms with van der Waals surface area (Å²) < 4.78 is 4.88. The van der Waals surface area contributed by atoms with E-state index in [2.05, 4.69) is 4.98 Å². The second kappa shape index (κ2) is 4.93. The summed E-state index contributed by atoms with van der Waals surface area (Å²) in [6.45, 7) is 1.69. The standard InChI is InChI=1S/C13H13NO3/c1-9-10-4-2-3-5-12(10)14-8-11(9)13(16)17-7-6-15/h2-5,8,15H,6-7H2,1H3. The fourth-order valence-corrected chi connectivity index (χ4v) is 1.70. The Balaban J connectivity index is 2.42. The number of carbonyl (C=O) groups excluding carboxylic acids is 1. The number of aliphatic hydroxyl groups is 1. The van der Waals surface area contributed by atoms with Crippen molar-refractivity contribution < 1.29 is 14.6 Å². The van der Waals surface area contributed by atoms with Crippen LogP contribution in [0, 0.1) is 6.92 Å². The lowest BCUT2D eigenvalue weighted by molar-refractivity contribution is 0.0432. The van der Waals surface area contributed by atoms with Gasteiger partial charge in [-0.3, -0.25) is 4.98 Å². The van der Waals surface area contributed by atoms with E-state index in [-0.39, 0.29) is 13.2 Å². The fraction of sp³-hybridized carbons (Fsp3) is 0.231. The number of rotatable bonds is 3. The molecule has 1 heterocycles. The largest absolute Gasteiger partial charge is 0.460 e. The van der Waals surface area contributed by atoms with Crippen molar-refractivity contribution in [2.45, 2.75) is 6.92 Å². The van der Waals surface area contributed by atoms with E-state index in [0.717, 1.165) is 16.5 Å². The Morgan fingerprint density at radius 1 is 1.41 bits per heavy atom. The third-order valence-electron chi connectivity index (χ3n) is 2.59. The second-order valence-corrected chi connectivity index (χ2v) is 3.67. The summed E-state index contributed by atoms with van der Waals surface area (Å²) in [4.78, 5) is 15.9. The van der Waals surface area contributed by atoms with Crippen LogP contribution in [0.25, 0.3) is 10.9 Å². The van der Waals surface area contributed by atoms with Crippen molar-refractivity contribution in [1.82, 2.24) is 4.98 Å². The van der Waals surface area contributed by atoms with Crippen LogP contribution in [0.1, 0.15) is 15.9 Å². The first-order valence-electron chi connectivity index (χ1n) is 5.36. The molecule has 0 spiro atoms. The summed E-state index contributed by atoms with van der Waals surface area (Å²) in [7, 11) is 0. The molecule has 88 valence electrons. The Morgan fingerprint density at radius 2 is 2.18 bits per heavy atom. The lowest BCUT2D eigenvalue weighted by atomic mass is 10.1. The number of esters is 1. The Hall–Kier alpha value is -1.94. The zero-order valence-corrected chi connectivity index (χ0v) is 9.51. The fourth-order valence-electron chi connectivity index (χ4n) is 1.70. The zero-order chi connectivity index (χ0) is 12.3. The van der Waals surface area contributed by atoms with E-state index in [1.165, 1.54) is 6.20 Å². The van der Waals surface area contributed by atoms with E-state index in [1.807, 2.05) is 31.2 Å². The van der Waals surface area contributed by atoms with Gasteiger partial charge in [-0.05, 0) is 18.6 Å². The maximum atomic E-state index is 11.7. The lowest BCUT2D eigenvalue weighted by Gasteiger charge is -2.08. The molecule has 0 saturated heterocycles. The van der Waals surface area contributed by atoms with Crippen molar-refractivity contribution in [3.05, 3.63) is 41.6 Å². The van der Waals surface area contributed by atoms with Crippen molar-refractivity contribution in [2.75, 3.05) is 13.2 Å². The van der Waals surface area contributed by atoms with E-state index in [9.17, 15) is 4.79 Å². The molecular weight excluding hydrogens is 218 g/mol. The molecule has 1 aromatic heterocycles. The molecule has 0 atom stereocenters. The molecule has 2 rings (SSSR count). The summed E-state index contributed by atoms with van der Waals surface area (Å²) in [5.74, 6) is -0.449. The van der Waals surface area contributed by atoms with E-state index in [1.54, 1.807) is 0 Å². The van der Waals surface area contributed by atoms with Gasteiger partial charge in [0, 0.05) is 11.6 Å². The third-order valence-corrected chi connectivity index (χ3v) is 2.59. The first kappa shape index (κ1) is 11.5. The number of para-hydroxylation sites is 1. The molecule has 1 aromatic carbocycles. The van der Waals surface area contributed by atoms with Gasteiger partial charge in [0.05, 0.1) is 17.7 Å². The topological polar surface area (TPSA) is 59.4 Å². The van der Waals surface area contributed by atoms with Crippen molar-refractivity contribution >= 4 is 16.9 Å². The highest BCUT2D eigenvalue weighted by Crippen LogP contribution is 2.19. The van der Waals surface area contributed by atoms with Crippen LogP contribution in [0.5, 0.6) is 0 Å². The summed E-state index contributed by atoms with van der Waals surface area (Å²) in [6.07, 6.45) is 1.51. The first-order valence-corrected chi connectivity index (χ1v) is 5.36. The number of aromatic nitrogens is 1. The normalized spacial score (nSPS) is 10.5. The van der Waals surface area contributed by atoms with E-state index >= 15 is 0 Å². The molecular formula is C13H13NO3. The molecule has 0 fully saturated rings. The zero-order valence-electron chi connectivity index (χ0n) is 9.51. The highest BCUT2D eigenvalue weighted by Gasteiger charge is 2.13. The number of ether oxygens (including phenoxy) is 1. The van der Waals surface area contributed by atoms with Crippen LogP contribution < -0.4 is 0 Å². The number of fused-ring (bicyclic) bond motifs is 1. The van der Waals surface area contributed by atoms with Crippen molar-refractivity contribution in [3.8, 4) is 0 Å². The van der Waals surface area contributed by atoms with Crippen molar-refractivity contribution in [2.24, 2.45) is 0 Å². The minimum atomic E-state index is -0.449. The number of hydrogen-bond acceptors (Lipinski definition) is 4. The number of pyridine rings is 1. The molecule has 0 unspecified atom stereocenters. The molecule has 1 N–H and O–H groups in total. The highest BCUT2D eigenvalue weighted by atomic mass is 16.5. The van der Waals surface area contributed by atoms with Gasteiger partial charge in [-0.25, -0.2) is 4.79 Å². The molecule has 0 bridgehead atoms. The Morgan fingerprint density at radius 3 is 2.94 bits per heavy atom. The highest BCUT2D eigenvalue weighted by molar-refractivity contribution is 5.96. The molecule has 0 aliphatic rings. The van der Waals surface area contributed by atoms with Gasteiger partial charge >= 0.3 is 5.97 Å². The quantitative estimate of drug-likeness (QED) is 0.817. The van der Waals surface area contributed by atoms with E-state index < -0.39 is 5.97 Å². The van der Waals surface area contributed by atoms with Gasteiger partial charge in [-0.2, -0.15) is 0 Å². The van der Waals surface area contributed by atoms with Crippen LogP contribution in [0.15, 0.2) is 30.5 Å². The molecule has 17 heavy (non-hydrogen) atoms. The third kappa shape index (κ3) is 2.26. The predicted octanol–water partition coefficient (Wildman–Crippen LogP) is 1.69. The van der Waals surface area contributed by atoms with Crippen LogP contribution in [-0.2, 0) is 4.74 Å². The van der Waals surface area contributed by atoms with Crippen LogP contribution >= 0.6 is 0 Å². The average molecular weight is 231 g/mol. The maximum absolute atomic E-state index is 11.7. The molecule has 0 amide bonds. The number of nitrogens with zero attached hydrogens (tertiary/aromatic N) is 1. The molecule has 0 aliphatic carbocycles. The first-order chi connectivity index (χ1) is 8.24. The van der Waals surface area contributed by atoms with Gasteiger partial charge in [0.15, 0.2) is 0 Å². The summed E-state index contributed by atoms with van der Waals surface area (Å²) in [5.41, 5.74) is 2.14.